The zero-order valence-corrected chi connectivity index (χ0v) is 16.6. The van der Waals surface area contributed by atoms with Crippen molar-refractivity contribution < 1.29 is 27.6 Å². The lowest BCUT2D eigenvalue weighted by atomic mass is 10.2. The number of aromatic carboxylic acids is 1. The van der Waals surface area contributed by atoms with Gasteiger partial charge in [-0.2, -0.15) is 8.42 Å². The summed E-state index contributed by atoms with van der Waals surface area (Å²) in [5, 5.41) is 8.45. The van der Waals surface area contributed by atoms with Gasteiger partial charge in [0.05, 0.1) is 23.6 Å². The smallest absolute Gasteiger partial charge is 0.335 e. The molecular weight excluding hydrogens is 386 g/mol. The number of carbonyl (C=O) groups is 1. The van der Waals surface area contributed by atoms with Gasteiger partial charge >= 0.3 is 5.97 Å². The molecule has 2 aromatic rings. The Morgan fingerprint density at radius 1 is 1.04 bits per heavy atom. The van der Waals surface area contributed by atoms with Crippen LogP contribution in [0.25, 0.3) is 0 Å². The maximum Gasteiger partial charge on any atom is 0.335 e. The highest BCUT2D eigenvalue weighted by Gasteiger charge is 2.05. The number of benzene rings is 2. The quantitative estimate of drug-likeness (QED) is 0.270. The van der Waals surface area contributed by atoms with Crippen molar-refractivity contribution in [1.29, 1.82) is 0 Å². The summed E-state index contributed by atoms with van der Waals surface area (Å²) < 4.78 is 34.6. The Hall–Kier alpha value is -2.98. The molecule has 28 heavy (non-hydrogen) atoms. The van der Waals surface area contributed by atoms with Crippen molar-refractivity contribution in [3.8, 4) is 5.75 Å². The van der Waals surface area contributed by atoms with Gasteiger partial charge in [-0.25, -0.2) is 4.79 Å². The summed E-state index contributed by atoms with van der Waals surface area (Å²) in [6.07, 6.45) is 0.188. The van der Waals surface area contributed by atoms with Crippen LogP contribution in [0.3, 0.4) is 0 Å². The SMILES string of the molecule is CC.Nc1ccc(N)c(OCCCS(=O)(=O)O)c1.Nc1cccc(C(=O)O)c1. The molecule has 0 spiro atoms. The largest absolute Gasteiger partial charge is 0.491 e. The van der Waals surface area contributed by atoms with Gasteiger partial charge in [-0.3, -0.25) is 4.55 Å². The molecular formula is C18H27N3O6S. The third-order valence-electron chi connectivity index (χ3n) is 2.98. The minimum atomic E-state index is -3.93. The topological polar surface area (TPSA) is 179 Å². The summed E-state index contributed by atoms with van der Waals surface area (Å²) >= 11 is 0. The van der Waals surface area contributed by atoms with E-state index in [1.807, 2.05) is 13.8 Å². The second kappa shape index (κ2) is 12.4. The molecule has 0 saturated carbocycles. The monoisotopic (exact) mass is 413 g/mol. The number of ether oxygens (including phenoxy) is 1. The number of carboxylic acid groups (broad SMARTS) is 1. The number of hydrogen-bond acceptors (Lipinski definition) is 7. The van der Waals surface area contributed by atoms with Crippen molar-refractivity contribution in [3.63, 3.8) is 0 Å². The second-order valence-corrected chi connectivity index (χ2v) is 6.79. The summed E-state index contributed by atoms with van der Waals surface area (Å²) in [6.45, 7) is 4.15. The molecule has 0 atom stereocenters. The van der Waals surface area contributed by atoms with Crippen LogP contribution in [-0.4, -0.2) is 36.4 Å². The molecule has 0 heterocycles. The molecule has 0 aliphatic rings. The Kier molecular flexibility index (Phi) is 11.1. The van der Waals surface area contributed by atoms with Crippen molar-refractivity contribution in [2.45, 2.75) is 20.3 Å². The summed E-state index contributed by atoms with van der Waals surface area (Å²) in [7, 11) is -3.93. The molecule has 0 fully saturated rings. The summed E-state index contributed by atoms with van der Waals surface area (Å²) in [6, 6.07) is 11.0. The van der Waals surface area contributed by atoms with Crippen LogP contribution < -0.4 is 21.9 Å². The number of hydrogen-bond donors (Lipinski definition) is 5. The van der Waals surface area contributed by atoms with Crippen molar-refractivity contribution in [2.24, 2.45) is 0 Å². The van der Waals surface area contributed by atoms with Crippen LogP contribution in [0.4, 0.5) is 17.1 Å². The van der Waals surface area contributed by atoms with Crippen LogP contribution in [0.15, 0.2) is 42.5 Å². The van der Waals surface area contributed by atoms with Crippen LogP contribution in [-0.2, 0) is 10.1 Å². The van der Waals surface area contributed by atoms with Gasteiger partial charge in [0.25, 0.3) is 10.1 Å². The molecule has 2 aromatic carbocycles. The molecule has 156 valence electrons. The molecule has 10 heteroatoms. The molecule has 0 aliphatic heterocycles. The van der Waals surface area contributed by atoms with Crippen molar-refractivity contribution >= 4 is 33.1 Å². The lowest BCUT2D eigenvalue weighted by molar-refractivity contribution is 0.0697. The molecule has 0 amide bonds. The molecule has 0 unspecified atom stereocenters. The predicted octanol–water partition coefficient (Wildman–Crippen LogP) is 2.50. The average Bonchev–Trinajstić information content (AvgIpc) is 2.63. The number of nitrogens with two attached hydrogens (primary N) is 3. The van der Waals surface area contributed by atoms with Gasteiger partial charge < -0.3 is 27.0 Å². The molecule has 0 aliphatic carbocycles. The highest BCUT2D eigenvalue weighted by molar-refractivity contribution is 7.85. The van der Waals surface area contributed by atoms with Gasteiger partial charge in [-0.1, -0.05) is 19.9 Å². The van der Waals surface area contributed by atoms with E-state index in [-0.39, 0.29) is 24.3 Å². The Balaban J connectivity index is 0.000000520. The van der Waals surface area contributed by atoms with E-state index in [0.29, 0.717) is 22.8 Å². The van der Waals surface area contributed by atoms with Crippen LogP contribution >= 0.6 is 0 Å². The lowest BCUT2D eigenvalue weighted by Crippen LogP contribution is -2.09. The van der Waals surface area contributed by atoms with E-state index >= 15 is 0 Å². The van der Waals surface area contributed by atoms with E-state index < -0.39 is 16.1 Å². The van der Waals surface area contributed by atoms with E-state index in [1.165, 1.54) is 12.1 Å². The van der Waals surface area contributed by atoms with Gasteiger partial charge in [0, 0.05) is 17.4 Å². The summed E-state index contributed by atoms with van der Waals surface area (Å²) in [5.41, 5.74) is 18.1. The summed E-state index contributed by atoms with van der Waals surface area (Å²) in [4.78, 5) is 10.3. The fraction of sp³-hybridized carbons (Fsp3) is 0.278. The van der Waals surface area contributed by atoms with Crippen LogP contribution in [0.1, 0.15) is 30.6 Å². The second-order valence-electron chi connectivity index (χ2n) is 5.22. The third-order valence-corrected chi connectivity index (χ3v) is 3.78. The zero-order valence-electron chi connectivity index (χ0n) is 15.8. The molecule has 2 rings (SSSR count). The van der Waals surface area contributed by atoms with E-state index in [2.05, 4.69) is 0 Å². The van der Waals surface area contributed by atoms with Crippen LogP contribution in [0, 0.1) is 0 Å². The maximum absolute atomic E-state index is 10.4. The minimum Gasteiger partial charge on any atom is -0.491 e. The first kappa shape index (κ1) is 25.0. The Bertz CT molecular complexity index is 856. The van der Waals surface area contributed by atoms with Gasteiger partial charge in [0.15, 0.2) is 0 Å². The van der Waals surface area contributed by atoms with E-state index in [9.17, 15) is 13.2 Å². The molecule has 0 saturated heterocycles. The van der Waals surface area contributed by atoms with Crippen LogP contribution in [0.5, 0.6) is 5.75 Å². The highest BCUT2D eigenvalue weighted by atomic mass is 32.2. The minimum absolute atomic E-state index is 0.146. The Labute approximate surface area is 164 Å². The number of rotatable bonds is 6. The molecule has 0 aromatic heterocycles. The first-order valence-corrected chi connectivity index (χ1v) is 10.0. The number of anilines is 3. The zero-order chi connectivity index (χ0) is 21.7. The summed E-state index contributed by atoms with van der Waals surface area (Å²) in [5.74, 6) is -0.877. The standard InChI is InChI=1S/C9H14N2O4S.C7H7NO2.C2H6/c10-7-2-3-8(11)9(6-7)15-4-1-5-16(12,13)14;8-6-3-1-2-5(4-6)7(9)10;1-2/h2-3,6H,1,4-5,10-11H2,(H,12,13,14);1-4H,8H2,(H,9,10);1-2H3. The predicted molar refractivity (Wildman–Crippen MR) is 111 cm³/mol. The number of carboxylic acids is 1. The highest BCUT2D eigenvalue weighted by Crippen LogP contribution is 2.23. The van der Waals surface area contributed by atoms with E-state index in [0.717, 1.165) is 0 Å². The first-order valence-electron chi connectivity index (χ1n) is 8.40. The van der Waals surface area contributed by atoms with Gasteiger partial charge in [0.1, 0.15) is 5.75 Å². The van der Waals surface area contributed by atoms with E-state index in [1.54, 1.807) is 30.3 Å². The van der Waals surface area contributed by atoms with Gasteiger partial charge in [0.2, 0.25) is 0 Å². The van der Waals surface area contributed by atoms with E-state index in [4.69, 9.17) is 31.6 Å². The molecule has 8 N–H and O–H groups in total. The first-order chi connectivity index (χ1) is 13.1. The molecule has 0 bridgehead atoms. The third kappa shape index (κ3) is 10.9. The fourth-order valence-electron chi connectivity index (χ4n) is 1.77. The number of nitrogen functional groups attached to an aromatic ring is 3. The molecule has 0 radical (unpaired) electrons. The van der Waals surface area contributed by atoms with Crippen molar-refractivity contribution in [1.82, 2.24) is 0 Å². The maximum atomic E-state index is 10.4. The Morgan fingerprint density at radius 3 is 2.14 bits per heavy atom. The normalized spacial score (nSPS) is 9.96. The van der Waals surface area contributed by atoms with Gasteiger partial charge in [-0.05, 0) is 36.8 Å². The lowest BCUT2D eigenvalue weighted by Gasteiger charge is -2.08. The Morgan fingerprint density at radius 2 is 1.64 bits per heavy atom. The average molecular weight is 413 g/mol. The van der Waals surface area contributed by atoms with Crippen molar-refractivity contribution in [3.05, 3.63) is 48.0 Å². The van der Waals surface area contributed by atoms with Crippen molar-refractivity contribution in [2.75, 3.05) is 29.6 Å². The van der Waals surface area contributed by atoms with Crippen LogP contribution in [0.2, 0.25) is 0 Å². The van der Waals surface area contributed by atoms with Gasteiger partial charge in [-0.15, -0.1) is 0 Å². The molecule has 9 nitrogen and oxygen atoms in total. The fourth-order valence-corrected chi connectivity index (χ4v) is 2.25.